The van der Waals surface area contributed by atoms with E-state index in [1.165, 1.54) is 12.2 Å². The van der Waals surface area contributed by atoms with Crippen LogP contribution in [0.2, 0.25) is 0 Å². The average Bonchev–Trinajstić information content (AvgIpc) is 3.26. The lowest BCUT2D eigenvalue weighted by Crippen LogP contribution is -2.39. The molecule has 0 aromatic heterocycles. The van der Waals surface area contributed by atoms with Crippen molar-refractivity contribution in [1.29, 1.82) is 0 Å². The summed E-state index contributed by atoms with van der Waals surface area (Å²) in [5, 5.41) is 6.60. The molecule has 1 atom stereocenters. The van der Waals surface area contributed by atoms with Crippen LogP contribution >= 0.6 is 0 Å². The molecule has 10 heteroatoms. The molecule has 1 unspecified atom stereocenters. The highest BCUT2D eigenvalue weighted by Crippen LogP contribution is 2.51. The number of allylic oxidation sites excluding steroid dienone is 1. The predicted molar refractivity (Wildman–Crippen MR) is 66.2 cm³/mol. The largest absolute Gasteiger partial charge is 0.438 e. The van der Waals surface area contributed by atoms with Gasteiger partial charge < -0.3 is 4.84 Å². The number of alkyl halides is 3. The first-order chi connectivity index (χ1) is 10.7. The molecule has 0 saturated carbocycles. The summed E-state index contributed by atoms with van der Waals surface area (Å²) < 4.78 is 38.6. The molecular weight excluding hydrogens is 319 g/mol. The molecule has 2 amide bonds. The summed E-state index contributed by atoms with van der Waals surface area (Å²) in [7, 11) is 0. The molecule has 0 aromatic rings. The fourth-order valence-corrected chi connectivity index (χ4v) is 2.39. The summed E-state index contributed by atoms with van der Waals surface area (Å²) in [5.74, 6) is -3.27. The van der Waals surface area contributed by atoms with Crippen LogP contribution in [0, 0.1) is 5.92 Å². The number of rotatable bonds is 3. The van der Waals surface area contributed by atoms with Crippen LogP contribution in [0.5, 0.6) is 0 Å². The van der Waals surface area contributed by atoms with Gasteiger partial charge >= 0.3 is 12.1 Å². The van der Waals surface area contributed by atoms with E-state index in [0.717, 1.165) is 6.08 Å². The van der Waals surface area contributed by atoms with Gasteiger partial charge in [0.15, 0.2) is 0 Å². The summed E-state index contributed by atoms with van der Waals surface area (Å²) in [5.41, 5.74) is -2.47. The van der Waals surface area contributed by atoms with Gasteiger partial charge in [-0.05, 0) is 6.42 Å². The van der Waals surface area contributed by atoms with Gasteiger partial charge in [-0.25, -0.2) is 4.79 Å². The lowest BCUT2D eigenvalue weighted by atomic mass is 9.87. The van der Waals surface area contributed by atoms with Crippen LogP contribution < -0.4 is 0 Å². The average molecular weight is 329 g/mol. The Morgan fingerprint density at radius 1 is 1.26 bits per heavy atom. The summed E-state index contributed by atoms with van der Waals surface area (Å²) in [6.45, 7) is 0. The molecule has 0 N–H and O–H groups in total. The topological polar surface area (TPSA) is 88.4 Å². The van der Waals surface area contributed by atoms with E-state index >= 15 is 0 Å². The van der Waals surface area contributed by atoms with Gasteiger partial charge in [-0.2, -0.15) is 13.2 Å². The van der Waals surface area contributed by atoms with E-state index in [1.54, 1.807) is 0 Å². The Morgan fingerprint density at radius 2 is 1.87 bits per heavy atom. The maximum absolute atomic E-state index is 12.9. The van der Waals surface area contributed by atoms with E-state index in [0.29, 0.717) is 5.06 Å². The molecular formula is C13H10F3N3O4. The number of amides is 2. The minimum Gasteiger partial charge on any atom is -0.325 e. The Labute approximate surface area is 127 Å². The van der Waals surface area contributed by atoms with E-state index in [2.05, 4.69) is 15.1 Å². The summed E-state index contributed by atoms with van der Waals surface area (Å²) in [6, 6.07) is 0. The van der Waals surface area contributed by atoms with Crippen molar-refractivity contribution < 1.29 is 32.4 Å². The van der Waals surface area contributed by atoms with Crippen molar-refractivity contribution in [3.05, 3.63) is 23.8 Å². The number of carbonyl (C=O) groups is 3. The Hall–Kier alpha value is -2.52. The molecule has 1 saturated heterocycles. The van der Waals surface area contributed by atoms with Crippen molar-refractivity contribution in [2.45, 2.75) is 31.1 Å². The highest BCUT2D eigenvalue weighted by atomic mass is 19.4. The van der Waals surface area contributed by atoms with Crippen LogP contribution in [0.15, 0.2) is 34.0 Å². The van der Waals surface area contributed by atoms with E-state index in [-0.39, 0.29) is 24.8 Å². The molecule has 122 valence electrons. The first-order valence-electron chi connectivity index (χ1n) is 6.72. The molecule has 2 aliphatic heterocycles. The molecule has 7 nitrogen and oxygen atoms in total. The van der Waals surface area contributed by atoms with Crippen molar-refractivity contribution in [2.24, 2.45) is 16.1 Å². The molecule has 3 rings (SSSR count). The lowest BCUT2D eigenvalue weighted by molar-refractivity contribution is -0.194. The summed E-state index contributed by atoms with van der Waals surface area (Å²) in [6.07, 6.45) is -1.22. The van der Waals surface area contributed by atoms with E-state index < -0.39 is 35.5 Å². The molecule has 0 aromatic carbocycles. The third-order valence-corrected chi connectivity index (χ3v) is 3.77. The monoisotopic (exact) mass is 329 g/mol. The fraction of sp³-hybridized carbons (Fsp3) is 0.462. The smallest absolute Gasteiger partial charge is 0.325 e. The number of hydroxylamine groups is 2. The third-order valence-electron chi connectivity index (χ3n) is 3.77. The standard InChI is InChI=1S/C13H10F3N3O4/c14-13(15,16)12(17-18-12)8-3-1-7(2-4-8)11(22)23-19-9(20)5-6-10(19)21/h1-3,8H,4-6H2. The maximum Gasteiger partial charge on any atom is 0.438 e. The van der Waals surface area contributed by atoms with Crippen molar-refractivity contribution in [3.63, 3.8) is 0 Å². The van der Waals surface area contributed by atoms with Gasteiger partial charge in [0.1, 0.15) is 0 Å². The van der Waals surface area contributed by atoms with Crippen LogP contribution in [-0.4, -0.2) is 34.7 Å². The van der Waals surface area contributed by atoms with Gasteiger partial charge in [-0.15, -0.1) is 15.3 Å². The number of halogens is 3. The quantitative estimate of drug-likeness (QED) is 0.739. The van der Waals surface area contributed by atoms with Gasteiger partial charge in [-0.3, -0.25) is 9.59 Å². The molecule has 3 aliphatic rings. The molecule has 0 spiro atoms. The molecule has 0 radical (unpaired) electrons. The number of nitrogens with zero attached hydrogens (tertiary/aromatic N) is 3. The minimum atomic E-state index is -4.59. The second-order valence-electron chi connectivity index (χ2n) is 5.25. The molecule has 1 aliphatic carbocycles. The zero-order valence-electron chi connectivity index (χ0n) is 11.5. The van der Waals surface area contributed by atoms with Crippen LogP contribution in [0.3, 0.4) is 0 Å². The zero-order valence-corrected chi connectivity index (χ0v) is 11.5. The Balaban J connectivity index is 1.64. The molecule has 0 bridgehead atoms. The van der Waals surface area contributed by atoms with Crippen LogP contribution in [-0.2, 0) is 19.2 Å². The zero-order chi connectivity index (χ0) is 16.8. The Kier molecular flexibility index (Phi) is 3.34. The van der Waals surface area contributed by atoms with E-state index in [1.807, 2.05) is 0 Å². The number of carbonyl (C=O) groups excluding carboxylic acids is 3. The van der Waals surface area contributed by atoms with Crippen LogP contribution in [0.4, 0.5) is 13.2 Å². The SMILES string of the molecule is O=C(ON1C(=O)CCC1=O)C1=CCC(C2(C(F)(F)F)N=N2)C=C1. The first-order valence-corrected chi connectivity index (χ1v) is 6.72. The third kappa shape index (κ3) is 2.53. The number of hydrogen-bond acceptors (Lipinski definition) is 6. The van der Waals surface area contributed by atoms with Gasteiger partial charge in [0.2, 0.25) is 0 Å². The fourth-order valence-electron chi connectivity index (χ4n) is 2.39. The normalized spacial score (nSPS) is 25.6. The van der Waals surface area contributed by atoms with Gasteiger partial charge in [-0.1, -0.05) is 18.2 Å². The Bertz CT molecular complexity index is 658. The summed E-state index contributed by atoms with van der Waals surface area (Å²) in [4.78, 5) is 39.2. The van der Waals surface area contributed by atoms with Crippen molar-refractivity contribution in [1.82, 2.24) is 5.06 Å². The first kappa shape index (κ1) is 15.4. The van der Waals surface area contributed by atoms with Gasteiger partial charge in [0.25, 0.3) is 17.5 Å². The van der Waals surface area contributed by atoms with Crippen LogP contribution in [0.25, 0.3) is 0 Å². The second kappa shape index (κ2) is 5.00. The summed E-state index contributed by atoms with van der Waals surface area (Å²) >= 11 is 0. The minimum absolute atomic E-state index is 0.0354. The van der Waals surface area contributed by atoms with Gasteiger partial charge in [0.05, 0.1) is 5.57 Å². The molecule has 2 heterocycles. The van der Waals surface area contributed by atoms with Crippen molar-refractivity contribution in [2.75, 3.05) is 0 Å². The number of hydrogen-bond donors (Lipinski definition) is 0. The molecule has 23 heavy (non-hydrogen) atoms. The maximum atomic E-state index is 12.9. The highest BCUT2D eigenvalue weighted by molar-refractivity contribution is 6.03. The lowest BCUT2D eigenvalue weighted by Gasteiger charge is -2.23. The van der Waals surface area contributed by atoms with E-state index in [4.69, 9.17) is 0 Å². The van der Waals surface area contributed by atoms with Crippen molar-refractivity contribution >= 4 is 17.8 Å². The van der Waals surface area contributed by atoms with E-state index in [9.17, 15) is 27.6 Å². The molecule has 1 fully saturated rings. The van der Waals surface area contributed by atoms with Crippen molar-refractivity contribution in [3.8, 4) is 0 Å². The second-order valence-corrected chi connectivity index (χ2v) is 5.25. The Morgan fingerprint density at radius 3 is 2.30 bits per heavy atom. The highest BCUT2D eigenvalue weighted by Gasteiger charge is 2.67. The van der Waals surface area contributed by atoms with Crippen LogP contribution in [0.1, 0.15) is 19.3 Å². The van der Waals surface area contributed by atoms with Gasteiger partial charge in [0, 0.05) is 18.8 Å². The number of imide groups is 1. The predicted octanol–water partition coefficient (Wildman–Crippen LogP) is 1.82.